The molecule has 0 radical (unpaired) electrons. The molecule has 1 unspecified atom stereocenters. The van der Waals surface area contributed by atoms with E-state index in [1.54, 1.807) is 34.6 Å². The molecule has 1 fully saturated rings. The quantitative estimate of drug-likeness (QED) is 0.0900. The number of amides is 11. The van der Waals surface area contributed by atoms with Crippen LogP contribution < -0.4 is 21.3 Å². The van der Waals surface area contributed by atoms with Gasteiger partial charge in [-0.3, -0.25) is 52.7 Å². The molecule has 25 heteroatoms. The van der Waals surface area contributed by atoms with Crippen molar-refractivity contribution in [3.63, 3.8) is 0 Å². The number of nitrogens with zero attached hydrogens (tertiary/aromatic N) is 7. The number of hydrogen-bond acceptors (Lipinski definition) is 13. The molecule has 89 heavy (non-hydrogen) atoms. The van der Waals surface area contributed by atoms with Crippen LogP contribution in [-0.2, 0) is 57.5 Å². The van der Waals surface area contributed by atoms with E-state index in [-0.39, 0.29) is 55.8 Å². The number of aliphatic carboxylic acids is 1. The van der Waals surface area contributed by atoms with Gasteiger partial charge in [0.15, 0.2) is 0 Å². The molecular weight excluding hydrogens is 1150 g/mol. The van der Waals surface area contributed by atoms with Gasteiger partial charge in [-0.2, -0.15) is 0 Å². The molecule has 0 aromatic rings. The van der Waals surface area contributed by atoms with E-state index in [4.69, 9.17) is 0 Å². The van der Waals surface area contributed by atoms with E-state index in [0.717, 1.165) is 23.9 Å². The van der Waals surface area contributed by atoms with Crippen molar-refractivity contribution in [2.75, 3.05) is 49.3 Å². The van der Waals surface area contributed by atoms with Crippen LogP contribution in [0.5, 0.6) is 0 Å². The molecule has 0 spiro atoms. The number of nitrogens with one attached hydrogen (secondary N) is 4. The highest BCUT2D eigenvalue weighted by Crippen LogP contribution is 2.26. The van der Waals surface area contributed by atoms with Crippen molar-refractivity contribution in [3.05, 3.63) is 12.2 Å². The van der Waals surface area contributed by atoms with Gasteiger partial charge in [0.25, 0.3) is 5.91 Å². The van der Waals surface area contributed by atoms with Crippen molar-refractivity contribution in [3.8, 4) is 0 Å². The third-order valence-corrected chi connectivity index (χ3v) is 16.6. The van der Waals surface area contributed by atoms with Crippen LogP contribution in [0, 0.1) is 35.5 Å². The van der Waals surface area contributed by atoms with Gasteiger partial charge in [-0.15, -0.1) is 0 Å². The highest BCUT2D eigenvalue weighted by molar-refractivity contribution is 6.06. The Labute approximate surface area is 530 Å². The molecule has 0 bridgehead atoms. The summed E-state index contributed by atoms with van der Waals surface area (Å²) >= 11 is 0. The maximum atomic E-state index is 15.2. The lowest BCUT2D eigenvalue weighted by Gasteiger charge is -2.41. The number of carbonyl (C=O) groups excluding carboxylic acids is 11. The van der Waals surface area contributed by atoms with E-state index in [1.165, 1.54) is 82.5 Å². The first-order valence-electron chi connectivity index (χ1n) is 31.6. The second-order valence-electron chi connectivity index (χ2n) is 27.2. The first kappa shape index (κ1) is 80.4. The van der Waals surface area contributed by atoms with Crippen LogP contribution in [0.25, 0.3) is 0 Å². The van der Waals surface area contributed by atoms with Crippen LogP contribution in [0.4, 0.5) is 0 Å². The average molecular weight is 1260 g/mol. The Balaban J connectivity index is 4.46. The normalized spacial score (nSPS) is 26.8. The fourth-order valence-corrected chi connectivity index (χ4v) is 11.1. The fourth-order valence-electron chi connectivity index (χ4n) is 11.1. The third kappa shape index (κ3) is 23.0. The highest BCUT2D eigenvalue weighted by atomic mass is 16.4. The lowest BCUT2D eigenvalue weighted by Crippen LogP contribution is -2.63. The lowest BCUT2D eigenvalue weighted by atomic mass is 9.93. The van der Waals surface area contributed by atoms with E-state index in [2.05, 4.69) is 21.3 Å². The third-order valence-electron chi connectivity index (χ3n) is 16.6. The zero-order valence-corrected chi connectivity index (χ0v) is 58.1. The molecule has 11 amide bonds. The molecule has 1 aliphatic rings. The summed E-state index contributed by atoms with van der Waals surface area (Å²) in [5, 5.41) is 32.6. The summed E-state index contributed by atoms with van der Waals surface area (Å²) in [5.74, 6) is -12.4. The summed E-state index contributed by atoms with van der Waals surface area (Å²) in [5.41, 5.74) is -1.70. The summed E-state index contributed by atoms with van der Waals surface area (Å²) in [6, 6.07) is -15.4. The summed E-state index contributed by atoms with van der Waals surface area (Å²) in [4.78, 5) is 182. The van der Waals surface area contributed by atoms with E-state index >= 15 is 9.59 Å². The Morgan fingerprint density at radius 3 is 1.40 bits per heavy atom. The maximum absolute atomic E-state index is 15.2. The van der Waals surface area contributed by atoms with Gasteiger partial charge < -0.3 is 65.8 Å². The number of carbonyl (C=O) groups is 12. The smallest absolute Gasteiger partial charge is 0.336 e. The molecule has 6 N–H and O–H groups in total. The number of rotatable bonds is 17. The first-order valence-corrected chi connectivity index (χ1v) is 31.6. The topological polar surface area (TPSA) is 316 Å². The van der Waals surface area contributed by atoms with Gasteiger partial charge in [0.1, 0.15) is 60.4 Å². The molecular formula is C64H113N11O14. The van der Waals surface area contributed by atoms with Gasteiger partial charge in [0.05, 0.1) is 5.60 Å². The van der Waals surface area contributed by atoms with Gasteiger partial charge in [0, 0.05) is 55.8 Å². The molecule has 0 aromatic carbocycles. The molecule has 0 saturated carbocycles. The monoisotopic (exact) mass is 1260 g/mol. The number of likely N-dealkylation sites (N-methyl/N-ethyl adjacent to an activating group) is 7. The Hall–Kier alpha value is -6.66. The number of hydrogen-bond donors (Lipinski definition) is 6. The SMILES string of the molecule is C/C=C/C[C@@H](C)C[C@H]1C(=O)N[C@@H](CC)C(=O)N(C)C(C(=O)O)C(=O)N(C)[C@@H](CC(C)(C)O)C(=O)N[C@H](C(C)C)C(=O)N(C)[C@H](CCC(C)C)C(=O)N[C@H](C)C(=O)N[C@@H](C)C(=O)N(C)[C@@H](CC(C)C)C(=O)N(C)[C@@H](CC(C)C)C(=O)N(C)[C@@H](C(C)C)C(=O)N1C. The fraction of sp³-hybridized carbons (Fsp3) is 0.781. The van der Waals surface area contributed by atoms with Crippen molar-refractivity contribution in [1.82, 2.24) is 55.6 Å². The zero-order chi connectivity index (χ0) is 69.2. The minimum Gasteiger partial charge on any atom is -0.479 e. The molecule has 1 saturated heterocycles. The van der Waals surface area contributed by atoms with Crippen LogP contribution in [-0.4, -0.2) is 237 Å². The standard InChI is InChI=1S/C64H113N11O14/c1-25-27-28-40(13)33-45-54(78)67-43(26-2)57(81)75(24)51(63(87)88)62(86)73(22)48(34-64(16,17)89)55(79)68-49(38(9)10)60(84)69(18)44(30-29-35(3)4)53(77)65-41(14)52(76)66-42(15)56(80)71(20)46(31-36(5)6)58(82)72(21)47(32-37(7)8)59(83)74(23)50(39(11)12)61(85)70(45)19/h25,27,35-51,89H,26,28-34H2,1-24H3,(H,65,77)(H,66,76)(H,67,78)(H,68,79)(H,87,88)/b27-25+/t40-,41-,42+,43+,44-,45+,46+,47+,48+,49-,50+,51?/m1/s1. The van der Waals surface area contributed by atoms with E-state index in [0.29, 0.717) is 17.7 Å². The first-order chi connectivity index (χ1) is 40.9. The van der Waals surface area contributed by atoms with Gasteiger partial charge >= 0.3 is 5.97 Å². The van der Waals surface area contributed by atoms with Crippen molar-refractivity contribution >= 4 is 70.9 Å². The van der Waals surface area contributed by atoms with Gasteiger partial charge in [-0.05, 0) is 115 Å². The number of carboxylic acids is 1. The second-order valence-corrected chi connectivity index (χ2v) is 27.2. The molecule has 1 heterocycles. The summed E-state index contributed by atoms with van der Waals surface area (Å²) in [6.07, 6.45) is 4.46. The van der Waals surface area contributed by atoms with Crippen LogP contribution in [0.3, 0.4) is 0 Å². The van der Waals surface area contributed by atoms with Crippen molar-refractivity contribution in [2.45, 2.75) is 241 Å². The molecule has 0 aromatic heterocycles. The van der Waals surface area contributed by atoms with Crippen molar-refractivity contribution in [2.24, 2.45) is 35.5 Å². The lowest BCUT2D eigenvalue weighted by molar-refractivity contribution is -0.160. The minimum absolute atomic E-state index is 0.0408. The van der Waals surface area contributed by atoms with Crippen LogP contribution in [0.2, 0.25) is 0 Å². The molecule has 12 atom stereocenters. The van der Waals surface area contributed by atoms with Crippen molar-refractivity contribution in [1.29, 1.82) is 0 Å². The number of carboxylic acid groups (broad SMARTS) is 1. The molecule has 508 valence electrons. The predicted molar refractivity (Wildman–Crippen MR) is 340 cm³/mol. The summed E-state index contributed by atoms with van der Waals surface area (Å²) < 4.78 is 0. The second kappa shape index (κ2) is 35.7. The molecule has 1 aliphatic heterocycles. The van der Waals surface area contributed by atoms with Gasteiger partial charge in [-0.1, -0.05) is 95.2 Å². The Morgan fingerprint density at radius 1 is 0.506 bits per heavy atom. The Kier molecular flexibility index (Phi) is 32.2. The number of aliphatic hydroxyl groups is 1. The van der Waals surface area contributed by atoms with Crippen molar-refractivity contribution < 1.29 is 67.7 Å². The minimum atomic E-state index is -2.31. The highest BCUT2D eigenvalue weighted by Gasteiger charge is 2.46. The molecule has 0 aliphatic carbocycles. The molecule has 25 nitrogen and oxygen atoms in total. The average Bonchev–Trinajstić information content (AvgIpc) is 2.92. The maximum Gasteiger partial charge on any atom is 0.336 e. The van der Waals surface area contributed by atoms with Crippen LogP contribution in [0.1, 0.15) is 169 Å². The van der Waals surface area contributed by atoms with E-state index < -0.39 is 161 Å². The van der Waals surface area contributed by atoms with Gasteiger partial charge in [-0.25, -0.2) is 4.79 Å². The van der Waals surface area contributed by atoms with E-state index in [9.17, 15) is 58.2 Å². The Morgan fingerprint density at radius 2 is 0.955 bits per heavy atom. The zero-order valence-electron chi connectivity index (χ0n) is 58.1. The number of allylic oxidation sites excluding steroid dienone is 2. The van der Waals surface area contributed by atoms with Crippen LogP contribution >= 0.6 is 0 Å². The van der Waals surface area contributed by atoms with E-state index in [1.807, 2.05) is 67.5 Å². The Bertz CT molecular complexity index is 2500. The summed E-state index contributed by atoms with van der Waals surface area (Å²) in [6.45, 7) is 28.8. The predicted octanol–water partition coefficient (Wildman–Crippen LogP) is 3.26. The van der Waals surface area contributed by atoms with Crippen LogP contribution in [0.15, 0.2) is 12.2 Å². The molecule has 1 rings (SSSR count). The summed E-state index contributed by atoms with van der Waals surface area (Å²) in [7, 11) is 9.27. The van der Waals surface area contributed by atoms with Gasteiger partial charge in [0.2, 0.25) is 65.1 Å². The largest absolute Gasteiger partial charge is 0.479 e.